The maximum absolute atomic E-state index is 5.67. The highest BCUT2D eigenvalue weighted by Crippen LogP contribution is 2.19. The van der Waals surface area contributed by atoms with Crippen molar-refractivity contribution >= 4 is 28.1 Å². The zero-order chi connectivity index (χ0) is 9.68. The Morgan fingerprint density at radius 1 is 1.62 bits per heavy atom. The van der Waals surface area contributed by atoms with Crippen molar-refractivity contribution in [2.45, 2.75) is 26.3 Å². The fraction of sp³-hybridized carbons (Fsp3) is 0.667. The second-order valence-electron chi connectivity index (χ2n) is 3.14. The van der Waals surface area contributed by atoms with Crippen molar-refractivity contribution in [2.24, 2.45) is 0 Å². The van der Waals surface area contributed by atoms with E-state index in [-0.39, 0.29) is 0 Å². The van der Waals surface area contributed by atoms with Gasteiger partial charge >= 0.3 is 0 Å². The first kappa shape index (κ1) is 10.8. The average molecular weight is 219 g/mol. The van der Waals surface area contributed by atoms with Crippen LogP contribution in [0.3, 0.4) is 0 Å². The molecule has 0 fully saturated rings. The van der Waals surface area contributed by atoms with Crippen molar-refractivity contribution in [2.75, 3.05) is 17.3 Å². The summed E-state index contributed by atoms with van der Waals surface area (Å²) in [5.74, 6) is 0.717. The number of rotatable bonds is 5. The normalized spacial score (nSPS) is 10.8. The summed E-state index contributed by atoms with van der Waals surface area (Å²) in [6.45, 7) is 5.35. The number of aromatic nitrogens is 1. The van der Waals surface area contributed by atoms with Crippen molar-refractivity contribution in [3.05, 3.63) is 11.6 Å². The highest BCUT2D eigenvalue weighted by Gasteiger charge is 2.11. The molecule has 1 aromatic heterocycles. The van der Waals surface area contributed by atoms with Crippen molar-refractivity contribution in [1.29, 1.82) is 0 Å². The van der Waals surface area contributed by atoms with Crippen molar-refractivity contribution in [3.8, 4) is 0 Å². The van der Waals surface area contributed by atoms with E-state index in [4.69, 9.17) is 11.6 Å². The fourth-order valence-electron chi connectivity index (χ4n) is 1.16. The van der Waals surface area contributed by atoms with E-state index >= 15 is 0 Å². The minimum absolute atomic E-state index is 0.495. The number of hydrogen-bond acceptors (Lipinski definition) is 3. The Morgan fingerprint density at radius 3 is 2.85 bits per heavy atom. The molecule has 0 amide bonds. The quantitative estimate of drug-likeness (QED) is 0.707. The lowest BCUT2D eigenvalue weighted by Crippen LogP contribution is -2.31. The van der Waals surface area contributed by atoms with Gasteiger partial charge in [0.1, 0.15) is 0 Å². The first-order valence-corrected chi connectivity index (χ1v) is 5.89. The van der Waals surface area contributed by atoms with Crippen molar-refractivity contribution in [3.63, 3.8) is 0 Å². The zero-order valence-corrected chi connectivity index (χ0v) is 9.61. The number of nitrogens with zero attached hydrogens (tertiary/aromatic N) is 2. The summed E-state index contributed by atoms with van der Waals surface area (Å²) in [6.07, 6.45) is 2.86. The van der Waals surface area contributed by atoms with E-state index in [0.29, 0.717) is 11.9 Å². The van der Waals surface area contributed by atoms with E-state index < -0.39 is 0 Å². The van der Waals surface area contributed by atoms with Gasteiger partial charge in [-0.15, -0.1) is 22.9 Å². The van der Waals surface area contributed by atoms with Crippen molar-refractivity contribution in [1.82, 2.24) is 4.98 Å². The van der Waals surface area contributed by atoms with Gasteiger partial charge in [-0.1, -0.05) is 0 Å². The van der Waals surface area contributed by atoms with Crippen LogP contribution in [0.2, 0.25) is 0 Å². The zero-order valence-electron chi connectivity index (χ0n) is 8.03. The second kappa shape index (κ2) is 5.45. The van der Waals surface area contributed by atoms with Crippen LogP contribution in [-0.2, 0) is 0 Å². The molecule has 0 atom stereocenters. The van der Waals surface area contributed by atoms with E-state index in [2.05, 4.69) is 23.7 Å². The molecule has 74 valence electrons. The molecule has 0 aliphatic rings. The Hall–Kier alpha value is -0.280. The maximum Gasteiger partial charge on any atom is 0.185 e. The summed E-state index contributed by atoms with van der Waals surface area (Å²) in [5.41, 5.74) is 0. The first-order chi connectivity index (χ1) is 6.25. The average Bonchev–Trinajstić information content (AvgIpc) is 2.57. The molecule has 0 aliphatic carbocycles. The largest absolute Gasteiger partial charge is 0.346 e. The SMILES string of the molecule is CC(C)N(CCCCl)c1nccs1. The molecule has 1 rings (SSSR count). The molecule has 0 saturated heterocycles. The maximum atomic E-state index is 5.67. The van der Waals surface area contributed by atoms with E-state index in [1.54, 1.807) is 11.3 Å². The van der Waals surface area contributed by atoms with Gasteiger partial charge in [-0.3, -0.25) is 0 Å². The smallest absolute Gasteiger partial charge is 0.185 e. The minimum Gasteiger partial charge on any atom is -0.346 e. The van der Waals surface area contributed by atoms with Crippen molar-refractivity contribution < 1.29 is 0 Å². The van der Waals surface area contributed by atoms with E-state index in [1.807, 2.05) is 11.6 Å². The van der Waals surface area contributed by atoms with Crippen LogP contribution in [0.1, 0.15) is 20.3 Å². The Morgan fingerprint density at radius 2 is 2.38 bits per heavy atom. The van der Waals surface area contributed by atoms with Gasteiger partial charge in [0.15, 0.2) is 5.13 Å². The number of hydrogen-bond donors (Lipinski definition) is 0. The molecule has 0 radical (unpaired) electrons. The first-order valence-electron chi connectivity index (χ1n) is 4.47. The highest BCUT2D eigenvalue weighted by atomic mass is 35.5. The van der Waals surface area contributed by atoms with E-state index in [1.165, 1.54) is 0 Å². The summed E-state index contributed by atoms with van der Waals surface area (Å²) < 4.78 is 0. The van der Waals surface area contributed by atoms with Crippen LogP contribution in [0, 0.1) is 0 Å². The summed E-state index contributed by atoms with van der Waals surface area (Å²) in [4.78, 5) is 6.58. The summed E-state index contributed by atoms with van der Waals surface area (Å²) in [5, 5.41) is 3.10. The van der Waals surface area contributed by atoms with Crippen LogP contribution in [0.25, 0.3) is 0 Å². The molecule has 0 aromatic carbocycles. The third-order valence-electron chi connectivity index (χ3n) is 1.82. The molecule has 0 spiro atoms. The molecule has 1 aromatic rings. The van der Waals surface area contributed by atoms with Gasteiger partial charge in [0, 0.05) is 30.0 Å². The van der Waals surface area contributed by atoms with Gasteiger partial charge in [-0.25, -0.2) is 4.98 Å². The van der Waals surface area contributed by atoms with E-state index in [9.17, 15) is 0 Å². The van der Waals surface area contributed by atoms with Crippen LogP contribution < -0.4 is 4.90 Å². The highest BCUT2D eigenvalue weighted by molar-refractivity contribution is 7.13. The lowest BCUT2D eigenvalue weighted by Gasteiger charge is -2.25. The molecule has 4 heteroatoms. The number of alkyl halides is 1. The summed E-state index contributed by atoms with van der Waals surface area (Å²) >= 11 is 7.35. The molecule has 0 unspecified atom stereocenters. The molecule has 0 N–H and O–H groups in total. The monoisotopic (exact) mass is 218 g/mol. The van der Waals surface area contributed by atoms with Gasteiger partial charge in [0.05, 0.1) is 0 Å². The minimum atomic E-state index is 0.495. The van der Waals surface area contributed by atoms with Gasteiger partial charge in [-0.2, -0.15) is 0 Å². The Bertz CT molecular complexity index is 224. The molecular formula is C9H15ClN2S. The van der Waals surface area contributed by atoms with Crippen LogP contribution in [0.15, 0.2) is 11.6 Å². The standard InChI is InChI=1S/C9H15ClN2S/c1-8(2)12(6-3-4-10)9-11-5-7-13-9/h5,7-8H,3-4,6H2,1-2H3. The molecule has 2 nitrogen and oxygen atoms in total. The second-order valence-corrected chi connectivity index (χ2v) is 4.40. The molecule has 13 heavy (non-hydrogen) atoms. The topological polar surface area (TPSA) is 16.1 Å². The third-order valence-corrected chi connectivity index (χ3v) is 2.90. The van der Waals surface area contributed by atoms with Gasteiger partial charge in [-0.05, 0) is 20.3 Å². The Balaban J connectivity index is 2.58. The fourth-order valence-corrected chi connectivity index (χ4v) is 2.08. The van der Waals surface area contributed by atoms with Gasteiger partial charge < -0.3 is 4.90 Å². The van der Waals surface area contributed by atoms with E-state index in [0.717, 1.165) is 18.1 Å². The van der Waals surface area contributed by atoms with Gasteiger partial charge in [0.25, 0.3) is 0 Å². The number of anilines is 1. The predicted octanol–water partition coefficient (Wildman–Crippen LogP) is 2.99. The molecule has 0 bridgehead atoms. The Labute approximate surface area is 88.5 Å². The van der Waals surface area contributed by atoms with Crippen LogP contribution >= 0.6 is 22.9 Å². The van der Waals surface area contributed by atoms with Gasteiger partial charge in [0.2, 0.25) is 0 Å². The van der Waals surface area contributed by atoms with Crippen LogP contribution in [0.5, 0.6) is 0 Å². The summed E-state index contributed by atoms with van der Waals surface area (Å²) in [7, 11) is 0. The lowest BCUT2D eigenvalue weighted by molar-refractivity contribution is 0.670. The Kier molecular flexibility index (Phi) is 4.53. The van der Waals surface area contributed by atoms with Crippen LogP contribution in [0.4, 0.5) is 5.13 Å². The molecule has 0 saturated carbocycles. The summed E-state index contributed by atoms with van der Waals surface area (Å²) in [6, 6.07) is 0.495. The molecule has 1 heterocycles. The lowest BCUT2D eigenvalue weighted by atomic mass is 10.3. The number of thiazole rings is 1. The molecular weight excluding hydrogens is 204 g/mol. The molecule has 0 aliphatic heterocycles. The predicted molar refractivity (Wildman–Crippen MR) is 59.9 cm³/mol. The number of halogens is 1. The van der Waals surface area contributed by atoms with Crippen LogP contribution in [-0.4, -0.2) is 23.5 Å². The third kappa shape index (κ3) is 3.16.